The zero-order valence-electron chi connectivity index (χ0n) is 21.1. The number of aliphatic hydroxyl groups excluding tert-OH is 1. The van der Waals surface area contributed by atoms with Gasteiger partial charge in [-0.15, -0.1) is 0 Å². The maximum absolute atomic E-state index is 14.2. The lowest BCUT2D eigenvalue weighted by Gasteiger charge is -2.42. The number of hydrogen-bond donors (Lipinski definition) is 4. The molecule has 8 nitrogen and oxygen atoms in total. The van der Waals surface area contributed by atoms with E-state index in [-0.39, 0.29) is 18.9 Å². The second-order valence-corrected chi connectivity index (χ2v) is 9.70. The summed E-state index contributed by atoms with van der Waals surface area (Å²) >= 11 is 0. The Hall–Kier alpha value is -3.75. The molecule has 4 atom stereocenters. The standard InChI is InChI=1S/C29H33N3O5/c1-3-29(15-13-21(14-16-29)20-9-5-4-6-10-20)28(36)32-18-23-12-8-7-11-22(23)17-24(32)26(34)30-25(19(2)33)27(35)31-37/h4-15,19,24-25,33,37H,3,16-18H2,1-2H3,(H,30,34)(H,31,35)/t19-,24+,25+,29?/m1/s1. The minimum atomic E-state index is -1.36. The maximum Gasteiger partial charge on any atom is 0.268 e. The molecule has 194 valence electrons. The zero-order chi connectivity index (χ0) is 26.6. The van der Waals surface area contributed by atoms with Crippen LogP contribution in [0.15, 0.2) is 72.8 Å². The van der Waals surface area contributed by atoms with Crippen molar-refractivity contribution in [2.24, 2.45) is 5.41 Å². The smallest absolute Gasteiger partial charge is 0.268 e. The van der Waals surface area contributed by atoms with E-state index in [1.807, 2.05) is 73.7 Å². The lowest BCUT2D eigenvalue weighted by molar-refractivity contribution is -0.149. The van der Waals surface area contributed by atoms with Gasteiger partial charge in [0.15, 0.2) is 0 Å². The van der Waals surface area contributed by atoms with Crippen molar-refractivity contribution in [2.45, 2.75) is 57.8 Å². The topological polar surface area (TPSA) is 119 Å². The van der Waals surface area contributed by atoms with Crippen molar-refractivity contribution >= 4 is 23.3 Å². The van der Waals surface area contributed by atoms with Crippen LogP contribution in [0, 0.1) is 5.41 Å². The fourth-order valence-electron chi connectivity index (χ4n) is 5.08. The van der Waals surface area contributed by atoms with Crippen molar-refractivity contribution < 1.29 is 24.7 Å². The molecular formula is C29H33N3O5. The van der Waals surface area contributed by atoms with E-state index in [1.165, 1.54) is 12.4 Å². The number of rotatable bonds is 7. The number of allylic oxidation sites excluding steroid dienone is 3. The molecule has 0 saturated heterocycles. The van der Waals surface area contributed by atoms with Gasteiger partial charge in [0.25, 0.3) is 5.91 Å². The molecular weight excluding hydrogens is 470 g/mol. The van der Waals surface area contributed by atoms with Crippen LogP contribution in [0.1, 0.15) is 43.4 Å². The molecule has 1 unspecified atom stereocenters. The van der Waals surface area contributed by atoms with Gasteiger partial charge in [-0.2, -0.15) is 0 Å². The highest BCUT2D eigenvalue weighted by molar-refractivity contribution is 5.95. The predicted molar refractivity (Wildman–Crippen MR) is 139 cm³/mol. The van der Waals surface area contributed by atoms with Gasteiger partial charge in [-0.3, -0.25) is 19.6 Å². The quantitative estimate of drug-likeness (QED) is 0.342. The van der Waals surface area contributed by atoms with Gasteiger partial charge in [0.2, 0.25) is 11.8 Å². The molecule has 4 N–H and O–H groups in total. The summed E-state index contributed by atoms with van der Waals surface area (Å²) in [5.74, 6) is -1.66. The monoisotopic (exact) mass is 503 g/mol. The average Bonchev–Trinajstić information content (AvgIpc) is 2.94. The highest BCUT2D eigenvalue weighted by Crippen LogP contribution is 2.39. The first-order chi connectivity index (χ1) is 17.8. The summed E-state index contributed by atoms with van der Waals surface area (Å²) in [5.41, 5.74) is 4.70. The molecule has 0 fully saturated rings. The molecule has 1 heterocycles. The number of amides is 3. The van der Waals surface area contributed by atoms with E-state index in [0.29, 0.717) is 12.8 Å². The van der Waals surface area contributed by atoms with Gasteiger partial charge in [0.1, 0.15) is 12.1 Å². The van der Waals surface area contributed by atoms with Gasteiger partial charge in [-0.1, -0.05) is 79.7 Å². The van der Waals surface area contributed by atoms with Crippen LogP contribution in [-0.4, -0.2) is 51.1 Å². The lowest BCUT2D eigenvalue weighted by atomic mass is 9.75. The SMILES string of the molecule is CCC1(C(=O)N2Cc3ccccc3C[C@H]2C(=O)N[C@H](C(=O)NO)[C@@H](C)O)C=CC(c2ccccc2)=CC1. The maximum atomic E-state index is 14.2. The van der Waals surface area contributed by atoms with Crippen LogP contribution in [0.3, 0.4) is 0 Å². The summed E-state index contributed by atoms with van der Waals surface area (Å²) in [4.78, 5) is 41.3. The van der Waals surface area contributed by atoms with Crippen LogP contribution in [-0.2, 0) is 27.3 Å². The fourth-order valence-corrected chi connectivity index (χ4v) is 5.08. The summed E-state index contributed by atoms with van der Waals surface area (Å²) in [6.07, 6.45) is 6.07. The summed E-state index contributed by atoms with van der Waals surface area (Å²) in [7, 11) is 0. The Kier molecular flexibility index (Phi) is 7.90. The molecule has 2 aliphatic rings. The van der Waals surface area contributed by atoms with Crippen LogP contribution in [0.25, 0.3) is 5.57 Å². The number of carbonyl (C=O) groups is 3. The highest BCUT2D eigenvalue weighted by Gasteiger charge is 2.44. The van der Waals surface area contributed by atoms with Crippen LogP contribution in [0.2, 0.25) is 0 Å². The third-order valence-electron chi connectivity index (χ3n) is 7.42. The number of benzene rings is 2. The third kappa shape index (κ3) is 5.35. The minimum Gasteiger partial charge on any atom is -0.391 e. The number of aliphatic hydroxyl groups is 1. The number of hydrogen-bond acceptors (Lipinski definition) is 5. The molecule has 2 aromatic carbocycles. The molecule has 0 saturated carbocycles. The number of hydroxylamine groups is 1. The summed E-state index contributed by atoms with van der Waals surface area (Å²) in [6, 6.07) is 15.4. The molecule has 0 spiro atoms. The van der Waals surface area contributed by atoms with Crippen LogP contribution in [0.4, 0.5) is 0 Å². The van der Waals surface area contributed by atoms with Crippen molar-refractivity contribution in [3.8, 4) is 0 Å². The van der Waals surface area contributed by atoms with Crippen molar-refractivity contribution in [1.82, 2.24) is 15.7 Å². The van der Waals surface area contributed by atoms with E-state index in [1.54, 1.807) is 4.90 Å². The number of fused-ring (bicyclic) bond motifs is 1. The van der Waals surface area contributed by atoms with E-state index in [9.17, 15) is 19.5 Å². The average molecular weight is 504 g/mol. The molecule has 8 heteroatoms. The van der Waals surface area contributed by atoms with Crippen LogP contribution < -0.4 is 10.8 Å². The van der Waals surface area contributed by atoms with Crippen LogP contribution >= 0.6 is 0 Å². The van der Waals surface area contributed by atoms with Gasteiger partial charge >= 0.3 is 0 Å². The van der Waals surface area contributed by atoms with Gasteiger partial charge in [-0.25, -0.2) is 5.48 Å². The third-order valence-corrected chi connectivity index (χ3v) is 7.42. The van der Waals surface area contributed by atoms with Crippen LogP contribution in [0.5, 0.6) is 0 Å². The first kappa shape index (κ1) is 26.3. The number of carbonyl (C=O) groups excluding carboxylic acids is 3. The van der Waals surface area contributed by atoms with E-state index in [0.717, 1.165) is 22.3 Å². The van der Waals surface area contributed by atoms with Gasteiger partial charge in [-0.05, 0) is 42.0 Å². The van der Waals surface area contributed by atoms with E-state index in [2.05, 4.69) is 11.4 Å². The van der Waals surface area contributed by atoms with Crippen molar-refractivity contribution in [3.63, 3.8) is 0 Å². The molecule has 1 aliphatic carbocycles. The minimum absolute atomic E-state index is 0.163. The molecule has 0 bridgehead atoms. The second kappa shape index (κ2) is 11.1. The van der Waals surface area contributed by atoms with Gasteiger partial charge < -0.3 is 15.3 Å². The fraction of sp³-hybridized carbons (Fsp3) is 0.345. The zero-order valence-corrected chi connectivity index (χ0v) is 21.1. The normalized spacial score (nSPS) is 22.3. The first-order valence-corrected chi connectivity index (χ1v) is 12.5. The van der Waals surface area contributed by atoms with Gasteiger partial charge in [0, 0.05) is 13.0 Å². The van der Waals surface area contributed by atoms with E-state index >= 15 is 0 Å². The Morgan fingerprint density at radius 3 is 2.35 bits per heavy atom. The predicted octanol–water partition coefficient (Wildman–Crippen LogP) is 2.75. The number of nitrogens with zero attached hydrogens (tertiary/aromatic N) is 1. The molecule has 1 aliphatic heterocycles. The first-order valence-electron chi connectivity index (χ1n) is 12.5. The van der Waals surface area contributed by atoms with Crippen molar-refractivity contribution in [3.05, 3.63) is 89.5 Å². The highest BCUT2D eigenvalue weighted by atomic mass is 16.5. The second-order valence-electron chi connectivity index (χ2n) is 9.70. The Bertz CT molecular complexity index is 1220. The Morgan fingerprint density at radius 1 is 1.08 bits per heavy atom. The van der Waals surface area contributed by atoms with Crippen molar-refractivity contribution in [2.75, 3.05) is 0 Å². The summed E-state index contributed by atoms with van der Waals surface area (Å²) in [6.45, 7) is 3.56. The Morgan fingerprint density at radius 2 is 1.76 bits per heavy atom. The largest absolute Gasteiger partial charge is 0.391 e. The summed E-state index contributed by atoms with van der Waals surface area (Å²) in [5, 5.41) is 21.6. The molecule has 2 aromatic rings. The molecule has 4 rings (SSSR count). The number of nitrogens with one attached hydrogen (secondary N) is 2. The Labute approximate surface area is 216 Å². The molecule has 37 heavy (non-hydrogen) atoms. The molecule has 0 radical (unpaired) electrons. The molecule has 3 amide bonds. The Balaban J connectivity index is 1.64. The molecule has 0 aromatic heterocycles. The van der Waals surface area contributed by atoms with Gasteiger partial charge in [0.05, 0.1) is 11.5 Å². The lowest BCUT2D eigenvalue weighted by Crippen LogP contribution is -2.60. The van der Waals surface area contributed by atoms with E-state index < -0.39 is 35.4 Å². The summed E-state index contributed by atoms with van der Waals surface area (Å²) < 4.78 is 0. The van der Waals surface area contributed by atoms with E-state index in [4.69, 9.17) is 5.21 Å². The van der Waals surface area contributed by atoms with Crippen molar-refractivity contribution in [1.29, 1.82) is 0 Å².